The fourth-order valence-corrected chi connectivity index (χ4v) is 4.20. The van der Waals surface area contributed by atoms with Crippen LogP contribution in [0.2, 0.25) is 0 Å². The van der Waals surface area contributed by atoms with Crippen molar-refractivity contribution < 1.29 is 9.47 Å². The summed E-state index contributed by atoms with van der Waals surface area (Å²) in [5.41, 5.74) is 3.86. The van der Waals surface area contributed by atoms with Crippen molar-refractivity contribution in [1.82, 2.24) is 4.90 Å². The van der Waals surface area contributed by atoms with E-state index in [9.17, 15) is 0 Å². The Morgan fingerprint density at radius 1 is 0.828 bits per heavy atom. The molecular formula is C26H29NO2. The highest BCUT2D eigenvalue weighted by Gasteiger charge is 2.33. The van der Waals surface area contributed by atoms with Crippen molar-refractivity contribution in [3.63, 3.8) is 0 Å². The van der Waals surface area contributed by atoms with Gasteiger partial charge in [-0.15, -0.1) is 0 Å². The van der Waals surface area contributed by atoms with Gasteiger partial charge < -0.3 is 9.47 Å². The van der Waals surface area contributed by atoms with Gasteiger partial charge in [-0.25, -0.2) is 0 Å². The fourth-order valence-electron chi connectivity index (χ4n) is 4.20. The summed E-state index contributed by atoms with van der Waals surface area (Å²) >= 11 is 0. The predicted molar refractivity (Wildman–Crippen MR) is 117 cm³/mol. The number of benzene rings is 3. The second-order valence-electron chi connectivity index (χ2n) is 7.65. The number of piperidine rings is 1. The Morgan fingerprint density at radius 2 is 1.52 bits per heavy atom. The first-order valence-corrected chi connectivity index (χ1v) is 10.4. The van der Waals surface area contributed by atoms with E-state index in [1.54, 1.807) is 7.11 Å². The Hall–Kier alpha value is -2.62. The van der Waals surface area contributed by atoms with E-state index in [0.717, 1.165) is 31.7 Å². The van der Waals surface area contributed by atoms with E-state index in [4.69, 9.17) is 9.47 Å². The molecule has 0 radical (unpaired) electrons. The van der Waals surface area contributed by atoms with E-state index < -0.39 is 0 Å². The molecule has 1 aliphatic heterocycles. The summed E-state index contributed by atoms with van der Waals surface area (Å²) in [6.07, 6.45) is 2.43. The van der Waals surface area contributed by atoms with Gasteiger partial charge in [0, 0.05) is 6.54 Å². The zero-order chi connectivity index (χ0) is 19.9. The molecule has 1 aliphatic rings. The number of hydrogen-bond donors (Lipinski definition) is 0. The van der Waals surface area contributed by atoms with Gasteiger partial charge in [0.05, 0.1) is 25.9 Å². The van der Waals surface area contributed by atoms with Crippen molar-refractivity contribution >= 4 is 0 Å². The molecule has 1 heterocycles. The van der Waals surface area contributed by atoms with Gasteiger partial charge in [-0.3, -0.25) is 4.90 Å². The van der Waals surface area contributed by atoms with Gasteiger partial charge >= 0.3 is 0 Å². The summed E-state index contributed by atoms with van der Waals surface area (Å²) in [4.78, 5) is 2.57. The second kappa shape index (κ2) is 9.73. The highest BCUT2D eigenvalue weighted by molar-refractivity contribution is 5.28. The van der Waals surface area contributed by atoms with Crippen LogP contribution in [0.3, 0.4) is 0 Å². The minimum absolute atomic E-state index is 0.185. The molecule has 4 rings (SSSR count). The maximum Gasteiger partial charge on any atom is 0.118 e. The first-order chi connectivity index (χ1) is 14.3. The third kappa shape index (κ3) is 5.06. The van der Waals surface area contributed by atoms with E-state index in [1.807, 2.05) is 18.2 Å². The maximum absolute atomic E-state index is 6.48. The van der Waals surface area contributed by atoms with Gasteiger partial charge in [-0.2, -0.15) is 0 Å². The molecule has 0 bridgehead atoms. The first kappa shape index (κ1) is 19.7. The first-order valence-electron chi connectivity index (χ1n) is 10.4. The Balaban J connectivity index is 1.53. The molecule has 3 aromatic carbocycles. The van der Waals surface area contributed by atoms with E-state index in [0.29, 0.717) is 6.61 Å². The molecule has 150 valence electrons. The Morgan fingerprint density at radius 3 is 2.21 bits per heavy atom. The van der Waals surface area contributed by atoms with Crippen LogP contribution in [-0.2, 0) is 17.9 Å². The highest BCUT2D eigenvalue weighted by Crippen LogP contribution is 2.35. The molecule has 1 fully saturated rings. The van der Waals surface area contributed by atoms with E-state index in [-0.39, 0.29) is 12.1 Å². The van der Waals surface area contributed by atoms with Gasteiger partial charge in [0.1, 0.15) is 5.75 Å². The number of ether oxygens (including phenoxy) is 2. The molecule has 0 aromatic heterocycles. The molecule has 0 N–H and O–H groups in total. The number of hydrogen-bond acceptors (Lipinski definition) is 3. The molecule has 0 spiro atoms. The van der Waals surface area contributed by atoms with Crippen LogP contribution in [0.1, 0.15) is 35.6 Å². The molecular weight excluding hydrogens is 358 g/mol. The molecule has 0 amide bonds. The summed E-state index contributed by atoms with van der Waals surface area (Å²) in [7, 11) is 1.71. The lowest BCUT2D eigenvalue weighted by Gasteiger charge is -2.41. The molecule has 29 heavy (non-hydrogen) atoms. The normalized spacial score (nSPS) is 19.8. The third-order valence-corrected chi connectivity index (χ3v) is 5.67. The number of likely N-dealkylation sites (tertiary alicyclic amines) is 1. The molecule has 0 saturated carbocycles. The molecule has 3 heteroatoms. The van der Waals surface area contributed by atoms with E-state index in [2.05, 4.69) is 71.6 Å². The summed E-state index contributed by atoms with van der Waals surface area (Å²) in [5, 5.41) is 0. The van der Waals surface area contributed by atoms with Gasteiger partial charge in [0.15, 0.2) is 0 Å². The van der Waals surface area contributed by atoms with Crippen LogP contribution in [0.5, 0.6) is 5.75 Å². The van der Waals surface area contributed by atoms with Crippen LogP contribution in [0.15, 0.2) is 84.9 Å². The summed E-state index contributed by atoms with van der Waals surface area (Å²) in [6, 6.07) is 29.9. The SMILES string of the molecule is COc1ccc(CN2CCC[C@H](OCc3ccccc3)[C@H]2c2ccccc2)cc1. The second-order valence-corrected chi connectivity index (χ2v) is 7.65. The minimum atomic E-state index is 0.185. The van der Waals surface area contributed by atoms with Crippen molar-refractivity contribution in [2.75, 3.05) is 13.7 Å². The molecule has 0 unspecified atom stereocenters. The monoisotopic (exact) mass is 387 g/mol. The lowest BCUT2D eigenvalue weighted by atomic mass is 9.91. The maximum atomic E-state index is 6.48. The third-order valence-electron chi connectivity index (χ3n) is 5.67. The van der Waals surface area contributed by atoms with Crippen molar-refractivity contribution in [1.29, 1.82) is 0 Å². The minimum Gasteiger partial charge on any atom is -0.497 e. The average molecular weight is 388 g/mol. The number of methoxy groups -OCH3 is 1. The zero-order valence-electron chi connectivity index (χ0n) is 17.0. The van der Waals surface area contributed by atoms with Gasteiger partial charge in [0.25, 0.3) is 0 Å². The highest BCUT2D eigenvalue weighted by atomic mass is 16.5. The van der Waals surface area contributed by atoms with E-state index in [1.165, 1.54) is 16.7 Å². The van der Waals surface area contributed by atoms with Crippen LogP contribution in [0, 0.1) is 0 Å². The summed E-state index contributed by atoms with van der Waals surface area (Å²) in [5.74, 6) is 0.899. The molecule has 1 saturated heterocycles. The zero-order valence-corrected chi connectivity index (χ0v) is 17.0. The smallest absolute Gasteiger partial charge is 0.118 e. The quantitative estimate of drug-likeness (QED) is 0.525. The van der Waals surface area contributed by atoms with Crippen LogP contribution < -0.4 is 4.74 Å². The fraction of sp³-hybridized carbons (Fsp3) is 0.308. The Bertz CT molecular complexity index is 864. The average Bonchev–Trinajstić information content (AvgIpc) is 2.79. The van der Waals surface area contributed by atoms with Gasteiger partial charge in [0.2, 0.25) is 0 Å². The standard InChI is InChI=1S/C26H29NO2/c1-28-24-16-14-21(15-17-24)19-27-18-8-13-25(26(27)23-11-6-3-7-12-23)29-20-22-9-4-2-5-10-22/h2-7,9-12,14-17,25-26H,8,13,18-20H2,1H3/t25-,26+/m0/s1. The lowest BCUT2D eigenvalue weighted by Crippen LogP contribution is -2.42. The summed E-state index contributed by atoms with van der Waals surface area (Å²) in [6.45, 7) is 2.65. The van der Waals surface area contributed by atoms with Crippen molar-refractivity contribution in [2.45, 2.75) is 38.1 Å². The summed E-state index contributed by atoms with van der Waals surface area (Å²) < 4.78 is 11.8. The van der Waals surface area contributed by atoms with Crippen molar-refractivity contribution in [3.05, 3.63) is 102 Å². The number of nitrogens with zero attached hydrogens (tertiary/aromatic N) is 1. The number of rotatable bonds is 7. The van der Waals surface area contributed by atoms with Crippen LogP contribution in [0.4, 0.5) is 0 Å². The lowest BCUT2D eigenvalue weighted by molar-refractivity contribution is -0.0553. The molecule has 3 nitrogen and oxygen atoms in total. The van der Waals surface area contributed by atoms with E-state index >= 15 is 0 Å². The molecule has 0 aliphatic carbocycles. The molecule has 3 aromatic rings. The van der Waals surface area contributed by atoms with Crippen LogP contribution >= 0.6 is 0 Å². The van der Waals surface area contributed by atoms with Crippen LogP contribution in [0.25, 0.3) is 0 Å². The van der Waals surface area contributed by atoms with Crippen molar-refractivity contribution in [2.24, 2.45) is 0 Å². The predicted octanol–water partition coefficient (Wildman–Crippen LogP) is 5.62. The van der Waals surface area contributed by atoms with Crippen molar-refractivity contribution in [3.8, 4) is 5.75 Å². The van der Waals surface area contributed by atoms with Gasteiger partial charge in [-0.05, 0) is 48.2 Å². The Kier molecular flexibility index (Phi) is 6.60. The molecule has 2 atom stereocenters. The van der Waals surface area contributed by atoms with Crippen LogP contribution in [-0.4, -0.2) is 24.7 Å². The van der Waals surface area contributed by atoms with Gasteiger partial charge in [-0.1, -0.05) is 72.8 Å². The Labute approximate surface area is 173 Å². The topological polar surface area (TPSA) is 21.7 Å². The largest absolute Gasteiger partial charge is 0.497 e.